The van der Waals surface area contributed by atoms with Gasteiger partial charge in [0.2, 0.25) is 0 Å². The van der Waals surface area contributed by atoms with E-state index in [4.69, 9.17) is 23.2 Å². The van der Waals surface area contributed by atoms with Gasteiger partial charge < -0.3 is 4.98 Å². The van der Waals surface area contributed by atoms with Crippen molar-refractivity contribution in [3.8, 4) is 11.3 Å². The predicted octanol–water partition coefficient (Wildman–Crippen LogP) is 6.46. The summed E-state index contributed by atoms with van der Waals surface area (Å²) in [5.41, 5.74) is 2.05. The number of hydrogen-bond donors (Lipinski definition) is 1. The van der Waals surface area contributed by atoms with E-state index in [9.17, 15) is 4.39 Å². The van der Waals surface area contributed by atoms with E-state index in [2.05, 4.69) is 25.9 Å². The van der Waals surface area contributed by atoms with Crippen LogP contribution in [0.1, 0.15) is 11.4 Å². The van der Waals surface area contributed by atoms with Gasteiger partial charge in [0.15, 0.2) is 0 Å². The van der Waals surface area contributed by atoms with Gasteiger partial charge in [-0.2, -0.15) is 0 Å². The third kappa shape index (κ3) is 3.83. The Hall–Kier alpha value is -1.62. The number of rotatable bonds is 3. The van der Waals surface area contributed by atoms with Crippen molar-refractivity contribution in [3.05, 3.63) is 74.3 Å². The fourth-order valence-electron chi connectivity index (χ4n) is 2.07. The van der Waals surface area contributed by atoms with Crippen LogP contribution in [0.4, 0.5) is 4.39 Å². The monoisotopic (exact) mass is 410 g/mol. The summed E-state index contributed by atoms with van der Waals surface area (Å²) in [5, 5.41) is 1.11. The minimum Gasteiger partial charge on any atom is -0.338 e. The van der Waals surface area contributed by atoms with Gasteiger partial charge in [-0.25, -0.2) is 9.37 Å². The van der Waals surface area contributed by atoms with E-state index in [0.29, 0.717) is 25.9 Å². The summed E-state index contributed by atoms with van der Waals surface area (Å²) in [4.78, 5) is 7.39. The first-order valence-corrected chi connectivity index (χ1v) is 8.21. The van der Waals surface area contributed by atoms with Gasteiger partial charge in [0.25, 0.3) is 0 Å². The third-order valence-electron chi connectivity index (χ3n) is 3.20. The van der Waals surface area contributed by atoms with Gasteiger partial charge in [0.05, 0.1) is 16.9 Å². The second-order valence-electron chi connectivity index (χ2n) is 4.81. The molecule has 116 valence electrons. The summed E-state index contributed by atoms with van der Waals surface area (Å²) in [7, 11) is 0. The second-order valence-corrected chi connectivity index (χ2v) is 6.56. The van der Waals surface area contributed by atoms with Gasteiger partial charge in [-0.3, -0.25) is 0 Å². The van der Waals surface area contributed by atoms with Crippen LogP contribution in [-0.4, -0.2) is 9.97 Å². The third-order valence-corrected chi connectivity index (χ3v) is 4.24. The van der Waals surface area contributed by atoms with Crippen molar-refractivity contribution in [1.29, 1.82) is 0 Å². The average Bonchev–Trinajstić information content (AvgIpc) is 2.95. The Morgan fingerprint density at radius 3 is 2.65 bits per heavy atom. The van der Waals surface area contributed by atoms with Crippen molar-refractivity contribution in [2.45, 2.75) is 0 Å². The molecule has 3 rings (SSSR count). The van der Waals surface area contributed by atoms with Gasteiger partial charge in [0.1, 0.15) is 11.6 Å². The van der Waals surface area contributed by atoms with Crippen LogP contribution in [-0.2, 0) is 0 Å². The van der Waals surface area contributed by atoms with Gasteiger partial charge in [-0.05, 0) is 42.5 Å². The molecule has 0 bridgehead atoms. The normalized spacial score (nSPS) is 11.3. The van der Waals surface area contributed by atoms with Crippen molar-refractivity contribution in [2.75, 3.05) is 0 Å². The van der Waals surface area contributed by atoms with Crippen LogP contribution in [0.5, 0.6) is 0 Å². The Labute approximate surface area is 151 Å². The maximum absolute atomic E-state index is 13.8. The minimum atomic E-state index is -0.303. The Morgan fingerprint density at radius 1 is 1.09 bits per heavy atom. The van der Waals surface area contributed by atoms with Crippen LogP contribution in [0.25, 0.3) is 23.4 Å². The molecule has 3 aromatic rings. The zero-order chi connectivity index (χ0) is 16.4. The van der Waals surface area contributed by atoms with Crippen LogP contribution in [0.2, 0.25) is 10.0 Å². The SMILES string of the molecule is Fc1cc(Br)ccc1/C=C/c1ncc(-c2ccc(Cl)cc2Cl)[nH]1. The molecule has 2 nitrogen and oxygen atoms in total. The molecule has 0 aliphatic rings. The number of benzene rings is 2. The molecule has 0 fully saturated rings. The molecule has 6 heteroatoms. The molecular weight excluding hydrogens is 402 g/mol. The van der Waals surface area contributed by atoms with Crippen LogP contribution >= 0.6 is 39.1 Å². The molecular formula is C17H10BrCl2FN2. The lowest BCUT2D eigenvalue weighted by atomic mass is 10.2. The van der Waals surface area contributed by atoms with Crippen molar-refractivity contribution in [1.82, 2.24) is 9.97 Å². The number of nitrogens with one attached hydrogen (secondary N) is 1. The largest absolute Gasteiger partial charge is 0.338 e. The minimum absolute atomic E-state index is 0.303. The molecule has 0 spiro atoms. The second kappa shape index (κ2) is 6.87. The quantitative estimate of drug-likeness (QED) is 0.526. The Bertz CT molecular complexity index is 890. The molecule has 1 N–H and O–H groups in total. The van der Waals surface area contributed by atoms with Crippen molar-refractivity contribution in [3.63, 3.8) is 0 Å². The lowest BCUT2D eigenvalue weighted by molar-refractivity contribution is 0.624. The summed E-state index contributed by atoms with van der Waals surface area (Å²) in [6.07, 6.45) is 5.04. The standard InChI is InChI=1S/C17H10BrCl2FN2/c18-11-3-1-10(15(21)7-11)2-6-17-22-9-16(23-17)13-5-4-12(19)8-14(13)20/h1-9H,(H,22,23)/b6-2+. The van der Waals surface area contributed by atoms with E-state index in [1.165, 1.54) is 6.07 Å². The summed E-state index contributed by atoms with van der Waals surface area (Å²) < 4.78 is 14.5. The van der Waals surface area contributed by atoms with Crippen LogP contribution in [0, 0.1) is 5.82 Å². The number of imidazole rings is 1. The molecule has 0 unspecified atom stereocenters. The number of H-pyrrole nitrogens is 1. The number of nitrogens with zero attached hydrogens (tertiary/aromatic N) is 1. The smallest absolute Gasteiger partial charge is 0.131 e. The number of aromatic amines is 1. The Morgan fingerprint density at radius 2 is 1.91 bits per heavy atom. The van der Waals surface area contributed by atoms with E-state index in [1.807, 2.05) is 6.07 Å². The molecule has 0 radical (unpaired) electrons. The molecule has 0 saturated carbocycles. The number of halogens is 4. The van der Waals surface area contributed by atoms with Crippen molar-refractivity contribution >= 4 is 51.3 Å². The van der Waals surface area contributed by atoms with Crippen molar-refractivity contribution in [2.24, 2.45) is 0 Å². The first-order valence-electron chi connectivity index (χ1n) is 6.66. The van der Waals surface area contributed by atoms with Gasteiger partial charge >= 0.3 is 0 Å². The highest BCUT2D eigenvalue weighted by molar-refractivity contribution is 9.10. The number of hydrogen-bond acceptors (Lipinski definition) is 1. The lowest BCUT2D eigenvalue weighted by Gasteiger charge is -2.01. The summed E-state index contributed by atoms with van der Waals surface area (Å²) in [5.74, 6) is 0.302. The fraction of sp³-hybridized carbons (Fsp3) is 0. The highest BCUT2D eigenvalue weighted by Crippen LogP contribution is 2.29. The highest BCUT2D eigenvalue weighted by atomic mass is 79.9. The first kappa shape index (κ1) is 16.2. The molecule has 0 saturated heterocycles. The van der Waals surface area contributed by atoms with Gasteiger partial charge in [0, 0.05) is 20.6 Å². The molecule has 23 heavy (non-hydrogen) atoms. The van der Waals surface area contributed by atoms with E-state index in [0.717, 1.165) is 11.3 Å². The topological polar surface area (TPSA) is 28.7 Å². The summed E-state index contributed by atoms with van der Waals surface area (Å²) in [6, 6.07) is 10.1. The summed E-state index contributed by atoms with van der Waals surface area (Å²) >= 11 is 15.3. The molecule has 0 atom stereocenters. The zero-order valence-corrected chi connectivity index (χ0v) is 14.8. The van der Waals surface area contributed by atoms with E-state index in [1.54, 1.807) is 42.6 Å². The lowest BCUT2D eigenvalue weighted by Crippen LogP contribution is -1.82. The van der Waals surface area contributed by atoms with Gasteiger partial charge in [-0.15, -0.1) is 0 Å². The molecule has 0 amide bonds. The van der Waals surface area contributed by atoms with Crippen LogP contribution < -0.4 is 0 Å². The average molecular weight is 412 g/mol. The van der Waals surface area contributed by atoms with Gasteiger partial charge in [-0.1, -0.05) is 45.2 Å². The molecule has 0 aliphatic heterocycles. The maximum Gasteiger partial charge on any atom is 0.131 e. The maximum atomic E-state index is 13.8. The van der Waals surface area contributed by atoms with Crippen LogP contribution in [0.15, 0.2) is 47.1 Å². The molecule has 0 aliphatic carbocycles. The van der Waals surface area contributed by atoms with E-state index >= 15 is 0 Å². The van der Waals surface area contributed by atoms with Crippen LogP contribution in [0.3, 0.4) is 0 Å². The van der Waals surface area contributed by atoms with E-state index < -0.39 is 0 Å². The predicted molar refractivity (Wildman–Crippen MR) is 97.1 cm³/mol. The molecule has 2 aromatic carbocycles. The van der Waals surface area contributed by atoms with E-state index in [-0.39, 0.29) is 5.82 Å². The zero-order valence-electron chi connectivity index (χ0n) is 11.7. The van der Waals surface area contributed by atoms with Crippen molar-refractivity contribution < 1.29 is 4.39 Å². The highest BCUT2D eigenvalue weighted by Gasteiger charge is 2.07. The Balaban J connectivity index is 1.86. The number of aromatic nitrogens is 2. The summed E-state index contributed by atoms with van der Waals surface area (Å²) in [6.45, 7) is 0. The molecule has 1 heterocycles. The molecule has 1 aromatic heterocycles. The fourth-order valence-corrected chi connectivity index (χ4v) is 2.91. The first-order chi connectivity index (χ1) is 11.0. The Kier molecular flexibility index (Phi) is 4.85.